The number of hydrogen-bond acceptors (Lipinski definition) is 7. The minimum Gasteiger partial charge on any atom is -0.469 e. The number of hydrogen-bond donors (Lipinski definition) is 0. The molecule has 0 aromatic carbocycles. The van der Waals surface area contributed by atoms with Crippen LogP contribution in [0.1, 0.15) is 31.5 Å². The van der Waals surface area contributed by atoms with Crippen molar-refractivity contribution in [2.45, 2.75) is 32.7 Å². The van der Waals surface area contributed by atoms with Gasteiger partial charge in [-0.2, -0.15) is 4.98 Å². The van der Waals surface area contributed by atoms with Gasteiger partial charge in [-0.05, 0) is 6.42 Å². The van der Waals surface area contributed by atoms with Crippen LogP contribution in [0.15, 0.2) is 4.52 Å². The summed E-state index contributed by atoms with van der Waals surface area (Å²) in [5, 5.41) is 4.02. The summed E-state index contributed by atoms with van der Waals surface area (Å²) in [7, 11) is 1.43. The van der Waals surface area contributed by atoms with E-state index < -0.39 is 0 Å². The molecular formula is C14H24N4O3. The molecule has 0 radical (unpaired) electrons. The van der Waals surface area contributed by atoms with Crippen molar-refractivity contribution in [3.63, 3.8) is 0 Å². The number of esters is 1. The first-order chi connectivity index (χ1) is 10.2. The average molecular weight is 296 g/mol. The summed E-state index contributed by atoms with van der Waals surface area (Å²) in [4.78, 5) is 20.1. The van der Waals surface area contributed by atoms with Gasteiger partial charge in [-0.15, -0.1) is 0 Å². The van der Waals surface area contributed by atoms with Crippen LogP contribution < -0.4 is 0 Å². The second kappa shape index (κ2) is 8.09. The molecule has 0 atom stereocenters. The lowest BCUT2D eigenvalue weighted by molar-refractivity contribution is -0.141. The number of aryl methyl sites for hydroxylation is 1. The van der Waals surface area contributed by atoms with Crippen molar-refractivity contribution in [1.82, 2.24) is 19.9 Å². The fourth-order valence-corrected chi connectivity index (χ4v) is 2.39. The Kier molecular flexibility index (Phi) is 6.13. The molecule has 0 unspecified atom stereocenters. The van der Waals surface area contributed by atoms with E-state index in [1.54, 1.807) is 0 Å². The summed E-state index contributed by atoms with van der Waals surface area (Å²) < 4.78 is 9.86. The molecule has 1 aromatic heterocycles. The maximum absolute atomic E-state index is 11.1. The van der Waals surface area contributed by atoms with Crippen LogP contribution in [0, 0.1) is 0 Å². The smallest absolute Gasteiger partial charge is 0.306 e. The first-order valence-corrected chi connectivity index (χ1v) is 7.54. The SMILES string of the molecule is CCCc1nc(CN2CCN(CCC(=O)OC)CC2)no1. The highest BCUT2D eigenvalue weighted by Gasteiger charge is 2.19. The molecule has 1 aliphatic rings. The molecule has 0 N–H and O–H groups in total. The molecule has 0 amide bonds. The van der Waals surface area contributed by atoms with Crippen LogP contribution >= 0.6 is 0 Å². The van der Waals surface area contributed by atoms with Crippen molar-refractivity contribution in [1.29, 1.82) is 0 Å². The zero-order chi connectivity index (χ0) is 15.1. The van der Waals surface area contributed by atoms with E-state index in [-0.39, 0.29) is 5.97 Å². The Balaban J connectivity index is 1.69. The molecule has 7 heteroatoms. The Labute approximate surface area is 125 Å². The lowest BCUT2D eigenvalue weighted by atomic mass is 10.3. The fraction of sp³-hybridized carbons (Fsp3) is 0.786. The number of piperazine rings is 1. The molecule has 21 heavy (non-hydrogen) atoms. The highest BCUT2D eigenvalue weighted by Crippen LogP contribution is 2.08. The van der Waals surface area contributed by atoms with Gasteiger partial charge in [-0.25, -0.2) is 0 Å². The molecule has 2 heterocycles. The topological polar surface area (TPSA) is 71.7 Å². The molecule has 118 valence electrons. The van der Waals surface area contributed by atoms with Crippen LogP contribution in [0.3, 0.4) is 0 Å². The highest BCUT2D eigenvalue weighted by atomic mass is 16.5. The number of ether oxygens (including phenoxy) is 1. The quantitative estimate of drug-likeness (QED) is 0.686. The van der Waals surface area contributed by atoms with Crippen LogP contribution in [0.5, 0.6) is 0 Å². The number of carbonyl (C=O) groups is 1. The van der Waals surface area contributed by atoms with Crippen LogP contribution in [0.2, 0.25) is 0 Å². The van der Waals surface area contributed by atoms with Crippen molar-refractivity contribution in [3.8, 4) is 0 Å². The Morgan fingerprint density at radius 2 is 2.00 bits per heavy atom. The normalized spacial score (nSPS) is 17.0. The summed E-state index contributed by atoms with van der Waals surface area (Å²) in [6.45, 7) is 7.42. The molecule has 1 aliphatic heterocycles. The zero-order valence-corrected chi connectivity index (χ0v) is 12.9. The number of nitrogens with zero attached hydrogens (tertiary/aromatic N) is 4. The van der Waals surface area contributed by atoms with Gasteiger partial charge in [0.15, 0.2) is 5.82 Å². The van der Waals surface area contributed by atoms with E-state index in [0.717, 1.165) is 63.8 Å². The average Bonchev–Trinajstić information content (AvgIpc) is 2.94. The van der Waals surface area contributed by atoms with Crippen molar-refractivity contribution in [2.24, 2.45) is 0 Å². The van der Waals surface area contributed by atoms with E-state index in [2.05, 4.69) is 31.6 Å². The number of carbonyl (C=O) groups excluding carboxylic acids is 1. The molecule has 1 fully saturated rings. The lowest BCUT2D eigenvalue weighted by Gasteiger charge is -2.33. The summed E-state index contributed by atoms with van der Waals surface area (Å²) >= 11 is 0. The molecule has 0 spiro atoms. The number of methoxy groups -OCH3 is 1. The van der Waals surface area contributed by atoms with Gasteiger partial charge in [-0.1, -0.05) is 12.1 Å². The summed E-state index contributed by atoms with van der Waals surface area (Å²) in [5.41, 5.74) is 0. The van der Waals surface area contributed by atoms with Crippen LogP contribution in [-0.2, 0) is 22.5 Å². The molecule has 1 aromatic rings. The van der Waals surface area contributed by atoms with E-state index in [0.29, 0.717) is 6.42 Å². The van der Waals surface area contributed by atoms with E-state index in [1.165, 1.54) is 7.11 Å². The van der Waals surface area contributed by atoms with Crippen molar-refractivity contribution in [3.05, 3.63) is 11.7 Å². The van der Waals surface area contributed by atoms with Crippen LogP contribution in [-0.4, -0.2) is 65.7 Å². The first-order valence-electron chi connectivity index (χ1n) is 7.54. The third kappa shape index (κ3) is 5.09. The Bertz CT molecular complexity index is 441. The Hall–Kier alpha value is -1.47. The lowest BCUT2D eigenvalue weighted by Crippen LogP contribution is -2.46. The third-order valence-electron chi connectivity index (χ3n) is 3.66. The second-order valence-electron chi connectivity index (χ2n) is 5.30. The molecule has 0 saturated carbocycles. The van der Waals surface area contributed by atoms with E-state index in [4.69, 9.17) is 4.52 Å². The number of aromatic nitrogens is 2. The predicted octanol–water partition coefficient (Wildman–Crippen LogP) is 0.703. The van der Waals surface area contributed by atoms with Gasteiger partial charge in [0.25, 0.3) is 0 Å². The van der Waals surface area contributed by atoms with Crippen LogP contribution in [0.4, 0.5) is 0 Å². The largest absolute Gasteiger partial charge is 0.469 e. The maximum Gasteiger partial charge on any atom is 0.306 e. The Morgan fingerprint density at radius 1 is 1.29 bits per heavy atom. The van der Waals surface area contributed by atoms with Gasteiger partial charge in [0.1, 0.15) is 0 Å². The standard InChI is InChI=1S/C14H24N4O3/c1-3-4-13-15-12(16-21-13)11-18-9-7-17(8-10-18)6-5-14(19)20-2/h3-11H2,1-2H3. The zero-order valence-electron chi connectivity index (χ0n) is 12.9. The molecule has 0 aliphatic carbocycles. The van der Waals surface area contributed by atoms with Crippen molar-refractivity contribution < 1.29 is 14.1 Å². The highest BCUT2D eigenvalue weighted by molar-refractivity contribution is 5.69. The van der Waals surface area contributed by atoms with Gasteiger partial charge in [-0.3, -0.25) is 9.69 Å². The summed E-state index contributed by atoms with van der Waals surface area (Å²) in [6.07, 6.45) is 2.32. The van der Waals surface area contributed by atoms with Gasteiger partial charge < -0.3 is 14.2 Å². The molecule has 1 saturated heterocycles. The van der Waals surface area contributed by atoms with Gasteiger partial charge in [0, 0.05) is 39.1 Å². The molecule has 0 bridgehead atoms. The fourth-order valence-electron chi connectivity index (χ4n) is 2.39. The van der Waals surface area contributed by atoms with E-state index in [9.17, 15) is 4.79 Å². The Morgan fingerprint density at radius 3 is 2.67 bits per heavy atom. The summed E-state index contributed by atoms with van der Waals surface area (Å²) in [6, 6.07) is 0. The van der Waals surface area contributed by atoms with Crippen molar-refractivity contribution in [2.75, 3.05) is 39.8 Å². The van der Waals surface area contributed by atoms with Gasteiger partial charge in [0.05, 0.1) is 20.1 Å². The monoisotopic (exact) mass is 296 g/mol. The molecule has 7 nitrogen and oxygen atoms in total. The minimum absolute atomic E-state index is 0.146. The second-order valence-corrected chi connectivity index (χ2v) is 5.30. The maximum atomic E-state index is 11.1. The number of rotatable bonds is 7. The van der Waals surface area contributed by atoms with E-state index >= 15 is 0 Å². The van der Waals surface area contributed by atoms with Crippen LogP contribution in [0.25, 0.3) is 0 Å². The predicted molar refractivity (Wildman–Crippen MR) is 76.6 cm³/mol. The molecule has 2 rings (SSSR count). The minimum atomic E-state index is -0.146. The third-order valence-corrected chi connectivity index (χ3v) is 3.66. The van der Waals surface area contributed by atoms with Gasteiger partial charge in [0.2, 0.25) is 5.89 Å². The summed E-state index contributed by atoms with van der Waals surface area (Å²) in [5.74, 6) is 1.35. The van der Waals surface area contributed by atoms with Crippen molar-refractivity contribution >= 4 is 5.97 Å². The van der Waals surface area contributed by atoms with E-state index in [1.807, 2.05) is 0 Å². The first kappa shape index (κ1) is 15.9. The molecular weight excluding hydrogens is 272 g/mol. The van der Waals surface area contributed by atoms with Gasteiger partial charge >= 0.3 is 5.97 Å².